The second-order valence-corrected chi connectivity index (χ2v) is 6.78. The van der Waals surface area contributed by atoms with Crippen LogP contribution in [0.25, 0.3) is 10.2 Å². The van der Waals surface area contributed by atoms with Crippen LogP contribution in [0.5, 0.6) is 0 Å². The molecule has 0 radical (unpaired) electrons. The van der Waals surface area contributed by atoms with E-state index < -0.39 is 0 Å². The Labute approximate surface area is 123 Å². The minimum Gasteiger partial charge on any atom is -0.299 e. The fourth-order valence-corrected chi connectivity index (χ4v) is 4.27. The third kappa shape index (κ3) is 2.53. The first-order chi connectivity index (χ1) is 9.81. The van der Waals surface area contributed by atoms with Gasteiger partial charge in [-0.25, -0.2) is 4.98 Å². The molecule has 2 heterocycles. The molecule has 2 aromatic rings. The van der Waals surface area contributed by atoms with Crippen molar-refractivity contribution in [1.29, 1.82) is 0 Å². The number of hydrogen-bond donors (Lipinski definition) is 0. The number of aryl methyl sites for hydroxylation is 3. The predicted molar refractivity (Wildman–Crippen MR) is 84.7 cm³/mol. The van der Waals surface area contributed by atoms with Gasteiger partial charge in [-0.15, -0.1) is 11.3 Å². The van der Waals surface area contributed by atoms with Crippen LogP contribution in [-0.2, 0) is 19.4 Å². The Morgan fingerprint density at radius 3 is 2.95 bits per heavy atom. The third-order valence-electron chi connectivity index (χ3n) is 4.19. The van der Waals surface area contributed by atoms with E-state index in [2.05, 4.69) is 11.9 Å². The molecule has 0 saturated heterocycles. The molecule has 0 unspecified atom stereocenters. The quantitative estimate of drug-likeness (QED) is 0.632. The van der Waals surface area contributed by atoms with Crippen LogP contribution < -0.4 is 5.56 Å². The molecule has 3 rings (SSSR count). The molecule has 0 N–H and O–H groups in total. The Kier molecular flexibility index (Phi) is 4.20. The number of fused-ring (bicyclic) bond motifs is 3. The summed E-state index contributed by atoms with van der Waals surface area (Å²) in [5, 5.41) is 0.922. The van der Waals surface area contributed by atoms with Crippen molar-refractivity contribution in [3.63, 3.8) is 0 Å². The van der Waals surface area contributed by atoms with Crippen molar-refractivity contribution in [2.24, 2.45) is 0 Å². The Hall–Kier alpha value is -1.16. The third-order valence-corrected chi connectivity index (χ3v) is 5.39. The lowest BCUT2D eigenvalue weighted by Crippen LogP contribution is -2.20. The number of nitrogens with zero attached hydrogens (tertiary/aromatic N) is 2. The van der Waals surface area contributed by atoms with Crippen molar-refractivity contribution >= 4 is 21.6 Å². The highest BCUT2D eigenvalue weighted by Crippen LogP contribution is 2.32. The fraction of sp³-hybridized carbons (Fsp3) is 0.625. The predicted octanol–water partition coefficient (Wildman–Crippen LogP) is 3.92. The van der Waals surface area contributed by atoms with Crippen LogP contribution in [0.1, 0.15) is 55.9 Å². The molecule has 0 fully saturated rings. The van der Waals surface area contributed by atoms with Gasteiger partial charge in [-0.05, 0) is 37.7 Å². The molecule has 0 bridgehead atoms. The van der Waals surface area contributed by atoms with Gasteiger partial charge in [-0.1, -0.05) is 26.2 Å². The van der Waals surface area contributed by atoms with Gasteiger partial charge in [0.05, 0.1) is 11.7 Å². The van der Waals surface area contributed by atoms with Gasteiger partial charge in [-0.2, -0.15) is 0 Å². The first-order valence-corrected chi connectivity index (χ1v) is 8.62. The maximum Gasteiger partial charge on any atom is 0.262 e. The van der Waals surface area contributed by atoms with E-state index in [0.717, 1.165) is 36.0 Å². The average molecular weight is 290 g/mol. The Morgan fingerprint density at radius 2 is 2.10 bits per heavy atom. The molecule has 1 aliphatic carbocycles. The summed E-state index contributed by atoms with van der Waals surface area (Å²) in [5.41, 5.74) is 1.50. The van der Waals surface area contributed by atoms with E-state index in [4.69, 9.17) is 0 Å². The van der Waals surface area contributed by atoms with Crippen molar-refractivity contribution < 1.29 is 0 Å². The van der Waals surface area contributed by atoms with E-state index in [1.165, 1.54) is 42.5 Å². The molecule has 0 aromatic carbocycles. The molecule has 20 heavy (non-hydrogen) atoms. The molecule has 0 spiro atoms. The summed E-state index contributed by atoms with van der Waals surface area (Å²) in [6.45, 7) is 2.99. The summed E-state index contributed by atoms with van der Waals surface area (Å²) in [7, 11) is 0. The smallest absolute Gasteiger partial charge is 0.262 e. The van der Waals surface area contributed by atoms with Crippen LogP contribution in [0.3, 0.4) is 0 Å². The van der Waals surface area contributed by atoms with Gasteiger partial charge >= 0.3 is 0 Å². The lowest BCUT2D eigenvalue weighted by atomic mass is 10.1. The van der Waals surface area contributed by atoms with Crippen LogP contribution in [0.2, 0.25) is 0 Å². The van der Waals surface area contributed by atoms with Crippen molar-refractivity contribution in [1.82, 2.24) is 9.55 Å². The van der Waals surface area contributed by atoms with E-state index in [1.54, 1.807) is 17.7 Å². The van der Waals surface area contributed by atoms with E-state index in [9.17, 15) is 4.79 Å². The Bertz CT molecular complexity index is 656. The summed E-state index contributed by atoms with van der Waals surface area (Å²) in [5.74, 6) is 0. The van der Waals surface area contributed by atoms with Crippen LogP contribution in [0.15, 0.2) is 11.1 Å². The maximum atomic E-state index is 12.7. The maximum absolute atomic E-state index is 12.7. The lowest BCUT2D eigenvalue weighted by Gasteiger charge is -2.05. The fourth-order valence-electron chi connectivity index (χ4n) is 3.05. The number of hydrogen-bond acceptors (Lipinski definition) is 3. The van der Waals surface area contributed by atoms with Gasteiger partial charge in [0.25, 0.3) is 5.56 Å². The molecule has 108 valence electrons. The lowest BCUT2D eigenvalue weighted by molar-refractivity contribution is 0.584. The van der Waals surface area contributed by atoms with Gasteiger partial charge < -0.3 is 0 Å². The van der Waals surface area contributed by atoms with Gasteiger partial charge in [-0.3, -0.25) is 9.36 Å². The van der Waals surface area contributed by atoms with Gasteiger partial charge in [0.1, 0.15) is 4.83 Å². The second kappa shape index (κ2) is 6.08. The molecule has 1 aliphatic rings. The summed E-state index contributed by atoms with van der Waals surface area (Å²) < 4.78 is 1.82. The standard InChI is InChI=1S/C16H22N2OS/c1-2-3-7-10-18-11-17-15-14(16(18)19)12-8-5-4-6-9-13(12)20-15/h11H,2-10H2,1H3. The monoisotopic (exact) mass is 290 g/mol. The number of unbranched alkanes of at least 4 members (excludes halogenated alkanes) is 2. The molecular weight excluding hydrogens is 268 g/mol. The summed E-state index contributed by atoms with van der Waals surface area (Å²) in [6, 6.07) is 0. The number of rotatable bonds is 4. The zero-order valence-corrected chi connectivity index (χ0v) is 13.0. The molecule has 2 aromatic heterocycles. The Balaban J connectivity index is 2.02. The summed E-state index contributed by atoms with van der Waals surface area (Å²) in [6.07, 6.45) is 11.1. The van der Waals surface area contributed by atoms with Crippen LogP contribution in [-0.4, -0.2) is 9.55 Å². The van der Waals surface area contributed by atoms with Crippen LogP contribution in [0, 0.1) is 0 Å². The van der Waals surface area contributed by atoms with Gasteiger partial charge in [0, 0.05) is 11.4 Å². The van der Waals surface area contributed by atoms with Gasteiger partial charge in [0.2, 0.25) is 0 Å². The largest absolute Gasteiger partial charge is 0.299 e. The molecule has 4 heteroatoms. The Morgan fingerprint density at radius 1 is 1.25 bits per heavy atom. The van der Waals surface area contributed by atoms with Crippen LogP contribution >= 0.6 is 11.3 Å². The van der Waals surface area contributed by atoms with Crippen molar-refractivity contribution in [3.8, 4) is 0 Å². The summed E-state index contributed by atoms with van der Waals surface area (Å²) >= 11 is 1.74. The molecule has 0 atom stereocenters. The van der Waals surface area contributed by atoms with E-state index in [0.29, 0.717) is 0 Å². The summed E-state index contributed by atoms with van der Waals surface area (Å²) in [4.78, 5) is 19.6. The molecule has 0 saturated carbocycles. The van der Waals surface area contributed by atoms with Crippen molar-refractivity contribution in [2.75, 3.05) is 0 Å². The first-order valence-electron chi connectivity index (χ1n) is 7.81. The molecular formula is C16H22N2OS. The normalized spacial score (nSPS) is 15.2. The van der Waals surface area contributed by atoms with E-state index in [1.807, 2.05) is 4.57 Å². The highest BCUT2D eigenvalue weighted by atomic mass is 32.1. The molecule has 0 aliphatic heterocycles. The molecule has 3 nitrogen and oxygen atoms in total. The molecule has 0 amide bonds. The van der Waals surface area contributed by atoms with Gasteiger partial charge in [0.15, 0.2) is 0 Å². The second-order valence-electron chi connectivity index (χ2n) is 5.69. The highest BCUT2D eigenvalue weighted by Gasteiger charge is 2.18. The van der Waals surface area contributed by atoms with E-state index in [-0.39, 0.29) is 5.56 Å². The first kappa shape index (κ1) is 13.8. The van der Waals surface area contributed by atoms with Crippen LogP contribution in [0.4, 0.5) is 0 Å². The minimum absolute atomic E-state index is 0.186. The zero-order chi connectivity index (χ0) is 13.9. The zero-order valence-electron chi connectivity index (χ0n) is 12.2. The number of thiophene rings is 1. The minimum atomic E-state index is 0.186. The SMILES string of the molecule is CCCCCn1cnc2sc3c(c2c1=O)CCCCC3. The van der Waals surface area contributed by atoms with E-state index >= 15 is 0 Å². The van der Waals surface area contributed by atoms with Crippen molar-refractivity contribution in [2.45, 2.75) is 64.8 Å². The highest BCUT2D eigenvalue weighted by molar-refractivity contribution is 7.18. The van der Waals surface area contributed by atoms with Crippen molar-refractivity contribution in [3.05, 3.63) is 27.1 Å². The average Bonchev–Trinajstić information content (AvgIpc) is 2.64. The topological polar surface area (TPSA) is 34.9 Å². The number of aromatic nitrogens is 2.